The van der Waals surface area contributed by atoms with Gasteiger partial charge in [-0.25, -0.2) is 19.6 Å². The number of carbonyl (C=O) groups is 2. The largest absolute Gasteiger partial charge is 0.478 e. The number of carboxylic acid groups (broad SMARTS) is 2. The zero-order valence-corrected chi connectivity index (χ0v) is 25.6. The van der Waals surface area contributed by atoms with Gasteiger partial charge in [0.2, 0.25) is 0 Å². The van der Waals surface area contributed by atoms with Gasteiger partial charge in [-0.2, -0.15) is 0 Å². The molecule has 0 bridgehead atoms. The van der Waals surface area contributed by atoms with E-state index in [-0.39, 0.29) is 11.1 Å². The van der Waals surface area contributed by atoms with Gasteiger partial charge < -0.3 is 39.0 Å². The molecule has 3 rings (SSSR count). The van der Waals surface area contributed by atoms with E-state index in [1.807, 2.05) is 22.0 Å². The Hall–Kier alpha value is -4.36. The van der Waals surface area contributed by atoms with Crippen molar-refractivity contribution < 1.29 is 38.7 Å². The van der Waals surface area contributed by atoms with E-state index in [2.05, 4.69) is 0 Å². The summed E-state index contributed by atoms with van der Waals surface area (Å²) < 4.78 is 21.5. The molecule has 236 valence electrons. The Morgan fingerprint density at radius 1 is 0.636 bits per heavy atom. The van der Waals surface area contributed by atoms with Crippen molar-refractivity contribution in [3.63, 3.8) is 0 Å². The van der Waals surface area contributed by atoms with Crippen LogP contribution in [-0.4, -0.2) is 113 Å². The van der Waals surface area contributed by atoms with Crippen LogP contribution in [-0.2, 0) is 18.9 Å². The van der Waals surface area contributed by atoms with Gasteiger partial charge in [0.25, 0.3) is 0 Å². The lowest BCUT2D eigenvalue weighted by molar-refractivity contribution is 0.0686. The van der Waals surface area contributed by atoms with Crippen LogP contribution in [0.15, 0.2) is 48.5 Å². The smallest absolute Gasteiger partial charge is 0.335 e. The minimum atomic E-state index is -1.02. The molecule has 0 atom stereocenters. The number of ether oxygens (including phenoxy) is 4. The maximum absolute atomic E-state index is 11.6. The Bertz CT molecular complexity index is 1360. The van der Waals surface area contributed by atoms with Crippen molar-refractivity contribution in [3.8, 4) is 11.3 Å². The standard InChI is InChI=1S/C32H40N4O8/c1-41-19-15-35(16-20-42-2)29-27(14-7-23-5-8-25(9-6-23)31(37)38)33-30(36(17-21-43-3)18-22-44-4)28(34-29)24-10-12-26(13-11-24)32(39)40/h5-14H,15-22H2,1-4H3,(H,37,38)(H,39,40). The summed E-state index contributed by atoms with van der Waals surface area (Å²) in [5.41, 5.74) is 2.97. The van der Waals surface area contributed by atoms with Gasteiger partial charge in [-0.15, -0.1) is 0 Å². The van der Waals surface area contributed by atoms with E-state index in [0.29, 0.717) is 81.2 Å². The Kier molecular flexibility index (Phi) is 13.7. The summed E-state index contributed by atoms with van der Waals surface area (Å²) in [5, 5.41) is 18.7. The van der Waals surface area contributed by atoms with Crippen LogP contribution < -0.4 is 9.80 Å². The number of rotatable bonds is 19. The summed E-state index contributed by atoms with van der Waals surface area (Å²) in [6.45, 7) is 3.76. The summed E-state index contributed by atoms with van der Waals surface area (Å²) in [5.74, 6) is -0.862. The van der Waals surface area contributed by atoms with Crippen molar-refractivity contribution >= 4 is 35.7 Å². The molecule has 0 aliphatic carbocycles. The molecule has 44 heavy (non-hydrogen) atoms. The number of hydrogen-bond acceptors (Lipinski definition) is 10. The zero-order chi connectivity index (χ0) is 31.9. The highest BCUT2D eigenvalue weighted by Crippen LogP contribution is 2.33. The van der Waals surface area contributed by atoms with Crippen molar-refractivity contribution in [1.82, 2.24) is 9.97 Å². The molecule has 0 aliphatic heterocycles. The highest BCUT2D eigenvalue weighted by Gasteiger charge is 2.23. The molecule has 0 fully saturated rings. The number of benzene rings is 2. The van der Waals surface area contributed by atoms with Gasteiger partial charge in [0.1, 0.15) is 11.4 Å². The number of anilines is 2. The fourth-order valence-electron chi connectivity index (χ4n) is 4.32. The number of aromatic carboxylic acids is 2. The first-order chi connectivity index (χ1) is 21.3. The van der Waals surface area contributed by atoms with E-state index in [9.17, 15) is 19.8 Å². The van der Waals surface area contributed by atoms with Gasteiger partial charge in [-0.05, 0) is 35.9 Å². The summed E-state index contributed by atoms with van der Waals surface area (Å²) in [4.78, 5) is 37.2. The molecule has 0 saturated carbocycles. The second kappa shape index (κ2) is 17.7. The van der Waals surface area contributed by atoms with Crippen LogP contribution in [0.5, 0.6) is 0 Å². The third-order valence-corrected chi connectivity index (χ3v) is 6.74. The Labute approximate surface area is 257 Å². The van der Waals surface area contributed by atoms with Crippen LogP contribution in [0, 0.1) is 0 Å². The minimum Gasteiger partial charge on any atom is -0.478 e. The molecule has 0 unspecified atom stereocenters. The van der Waals surface area contributed by atoms with Crippen LogP contribution in [0.3, 0.4) is 0 Å². The molecule has 3 aromatic rings. The first kappa shape index (κ1) is 34.1. The average Bonchev–Trinajstić information content (AvgIpc) is 3.04. The lowest BCUT2D eigenvalue weighted by Gasteiger charge is -2.29. The van der Waals surface area contributed by atoms with E-state index < -0.39 is 11.9 Å². The van der Waals surface area contributed by atoms with Gasteiger partial charge in [-0.3, -0.25) is 0 Å². The number of methoxy groups -OCH3 is 4. The molecule has 0 aliphatic rings. The molecule has 0 spiro atoms. The second-order valence-corrected chi connectivity index (χ2v) is 9.69. The maximum Gasteiger partial charge on any atom is 0.335 e. The fourth-order valence-corrected chi connectivity index (χ4v) is 4.32. The molecule has 1 aromatic heterocycles. The highest BCUT2D eigenvalue weighted by atomic mass is 16.5. The van der Waals surface area contributed by atoms with Crippen LogP contribution in [0.1, 0.15) is 32.0 Å². The first-order valence-electron chi connectivity index (χ1n) is 14.1. The Morgan fingerprint density at radius 3 is 1.50 bits per heavy atom. The van der Waals surface area contributed by atoms with Crippen molar-refractivity contribution in [2.45, 2.75) is 0 Å². The monoisotopic (exact) mass is 608 g/mol. The van der Waals surface area contributed by atoms with E-state index in [1.165, 1.54) is 0 Å². The zero-order valence-electron chi connectivity index (χ0n) is 25.6. The van der Waals surface area contributed by atoms with Gasteiger partial charge in [0.15, 0.2) is 11.6 Å². The molecule has 0 amide bonds. The van der Waals surface area contributed by atoms with Crippen LogP contribution in [0.25, 0.3) is 23.4 Å². The molecule has 0 radical (unpaired) electrons. The molecule has 12 nitrogen and oxygen atoms in total. The maximum atomic E-state index is 11.6. The second-order valence-electron chi connectivity index (χ2n) is 9.69. The number of carboxylic acids is 2. The lowest BCUT2D eigenvalue weighted by atomic mass is 10.1. The van der Waals surface area contributed by atoms with Crippen LogP contribution >= 0.6 is 0 Å². The van der Waals surface area contributed by atoms with E-state index >= 15 is 0 Å². The topological polar surface area (TPSA) is 144 Å². The molecule has 12 heteroatoms. The van der Waals surface area contributed by atoms with Gasteiger partial charge >= 0.3 is 11.9 Å². The summed E-state index contributed by atoms with van der Waals surface area (Å²) in [6, 6.07) is 13.1. The van der Waals surface area contributed by atoms with Gasteiger partial charge in [-0.1, -0.05) is 30.3 Å². The Morgan fingerprint density at radius 2 is 1.07 bits per heavy atom. The van der Waals surface area contributed by atoms with Gasteiger partial charge in [0, 0.05) is 60.2 Å². The van der Waals surface area contributed by atoms with E-state index in [1.54, 1.807) is 77.0 Å². The van der Waals surface area contributed by atoms with Crippen LogP contribution in [0.4, 0.5) is 11.6 Å². The molecule has 2 aromatic carbocycles. The summed E-state index contributed by atoms with van der Waals surface area (Å²) >= 11 is 0. The summed E-state index contributed by atoms with van der Waals surface area (Å²) in [6.07, 6.45) is 3.69. The third-order valence-electron chi connectivity index (χ3n) is 6.74. The number of aromatic nitrogens is 2. The molecule has 0 saturated heterocycles. The Balaban J connectivity index is 2.27. The molecular weight excluding hydrogens is 568 g/mol. The van der Waals surface area contributed by atoms with Crippen molar-refractivity contribution in [2.24, 2.45) is 0 Å². The normalized spacial score (nSPS) is 11.2. The SMILES string of the molecule is COCCN(CCOC)c1nc(-c2ccc(C(=O)O)cc2)c(N(CCOC)CCOC)nc1C=Cc1ccc(C(=O)O)cc1. The lowest BCUT2D eigenvalue weighted by Crippen LogP contribution is -2.34. The van der Waals surface area contributed by atoms with Crippen LogP contribution in [0.2, 0.25) is 0 Å². The average molecular weight is 609 g/mol. The highest BCUT2D eigenvalue weighted by molar-refractivity contribution is 5.89. The summed E-state index contributed by atoms with van der Waals surface area (Å²) in [7, 11) is 6.51. The predicted molar refractivity (Wildman–Crippen MR) is 169 cm³/mol. The third kappa shape index (κ3) is 9.58. The molecular formula is C32H40N4O8. The van der Waals surface area contributed by atoms with E-state index in [0.717, 1.165) is 5.56 Å². The van der Waals surface area contributed by atoms with Crippen molar-refractivity contribution in [1.29, 1.82) is 0 Å². The molecule has 2 N–H and O–H groups in total. The van der Waals surface area contributed by atoms with Crippen molar-refractivity contribution in [3.05, 3.63) is 70.9 Å². The first-order valence-corrected chi connectivity index (χ1v) is 14.1. The van der Waals surface area contributed by atoms with E-state index in [4.69, 9.17) is 28.9 Å². The number of nitrogens with zero attached hydrogens (tertiary/aromatic N) is 4. The minimum absolute atomic E-state index is 0.161. The number of hydrogen-bond donors (Lipinski definition) is 2. The van der Waals surface area contributed by atoms with Gasteiger partial charge in [0.05, 0.1) is 37.6 Å². The quantitative estimate of drug-likeness (QED) is 0.204. The fraction of sp³-hybridized carbons (Fsp3) is 0.375. The molecule has 1 heterocycles. The predicted octanol–water partition coefficient (Wildman–Crippen LogP) is 3.91. The van der Waals surface area contributed by atoms with Crippen molar-refractivity contribution in [2.75, 3.05) is 90.8 Å².